The number of nitrogens with one attached hydrogen (secondary N) is 1. The first-order valence-corrected chi connectivity index (χ1v) is 9.81. The monoisotopic (exact) mass is 423 g/mol. The number of hydrogen-bond donors (Lipinski definition) is 2. The first-order chi connectivity index (χ1) is 15.0. The highest BCUT2D eigenvalue weighted by atomic mass is 16.5. The summed E-state index contributed by atoms with van der Waals surface area (Å²) in [7, 11) is 0. The van der Waals surface area contributed by atoms with Gasteiger partial charge in [-0.1, -0.05) is 48.5 Å². The molecule has 0 spiro atoms. The van der Waals surface area contributed by atoms with Gasteiger partial charge in [-0.25, -0.2) is 4.79 Å². The second kappa shape index (κ2) is 8.47. The Morgan fingerprint density at radius 1 is 1.03 bits per heavy atom. The Labute approximate surface area is 178 Å². The van der Waals surface area contributed by atoms with Gasteiger partial charge in [-0.2, -0.15) is 0 Å². The van der Waals surface area contributed by atoms with Gasteiger partial charge in [0.25, 0.3) is 5.91 Å². The average molecular weight is 423 g/mol. The maximum Gasteiger partial charge on any atom is 0.347 e. The van der Waals surface area contributed by atoms with Gasteiger partial charge in [0.15, 0.2) is 6.61 Å². The van der Waals surface area contributed by atoms with Gasteiger partial charge in [0.05, 0.1) is 12.5 Å². The number of para-hydroxylation sites is 1. The molecule has 0 saturated carbocycles. The van der Waals surface area contributed by atoms with Gasteiger partial charge in [0, 0.05) is 6.54 Å². The van der Waals surface area contributed by atoms with E-state index in [1.807, 2.05) is 12.1 Å². The highest BCUT2D eigenvalue weighted by Crippen LogP contribution is 2.33. The third kappa shape index (κ3) is 4.07. The van der Waals surface area contributed by atoms with Crippen molar-refractivity contribution in [3.8, 4) is 5.75 Å². The molecule has 0 radical (unpaired) electrons. The molecule has 2 fully saturated rings. The minimum Gasteiger partial charge on any atom is -0.484 e. The SMILES string of the molecule is O=C(COc1ccccc1)N[C@H]1C(=O)N2C1CN(C(=O)Cc1ccccc1)C2C(=O)O. The second-order valence-corrected chi connectivity index (χ2v) is 7.38. The van der Waals surface area contributed by atoms with Crippen LogP contribution in [0.3, 0.4) is 0 Å². The van der Waals surface area contributed by atoms with E-state index in [4.69, 9.17) is 4.74 Å². The molecule has 0 aromatic heterocycles. The van der Waals surface area contributed by atoms with Gasteiger partial charge < -0.3 is 25.0 Å². The van der Waals surface area contributed by atoms with E-state index >= 15 is 0 Å². The molecule has 9 heteroatoms. The molecule has 0 bridgehead atoms. The van der Waals surface area contributed by atoms with Crippen molar-refractivity contribution in [2.75, 3.05) is 13.2 Å². The molecule has 2 heterocycles. The summed E-state index contributed by atoms with van der Waals surface area (Å²) in [5, 5.41) is 12.2. The molecule has 3 amide bonds. The molecule has 0 aliphatic carbocycles. The summed E-state index contributed by atoms with van der Waals surface area (Å²) in [6.45, 7) is -0.238. The molecule has 160 valence electrons. The molecule has 2 aliphatic rings. The first kappa shape index (κ1) is 20.4. The van der Waals surface area contributed by atoms with Crippen molar-refractivity contribution in [1.29, 1.82) is 0 Å². The number of β-lactam (4-membered cyclic amide) rings is 1. The van der Waals surface area contributed by atoms with Crippen LogP contribution in [-0.2, 0) is 25.6 Å². The Morgan fingerprint density at radius 2 is 1.68 bits per heavy atom. The summed E-state index contributed by atoms with van der Waals surface area (Å²) >= 11 is 0. The smallest absolute Gasteiger partial charge is 0.347 e. The topological polar surface area (TPSA) is 116 Å². The summed E-state index contributed by atoms with van der Waals surface area (Å²) in [5.41, 5.74) is 0.750. The normalized spacial score (nSPS) is 21.8. The maximum atomic E-state index is 12.8. The van der Waals surface area contributed by atoms with E-state index < -0.39 is 41.9 Å². The summed E-state index contributed by atoms with van der Waals surface area (Å²) in [6, 6.07) is 16.3. The molecule has 2 N–H and O–H groups in total. The molecule has 3 atom stereocenters. The van der Waals surface area contributed by atoms with E-state index in [2.05, 4.69) is 5.32 Å². The number of benzene rings is 2. The van der Waals surface area contributed by atoms with E-state index in [-0.39, 0.29) is 19.6 Å². The molecule has 9 nitrogen and oxygen atoms in total. The van der Waals surface area contributed by atoms with Gasteiger partial charge >= 0.3 is 5.97 Å². The number of rotatable bonds is 7. The van der Waals surface area contributed by atoms with Crippen LogP contribution in [0.25, 0.3) is 0 Å². The van der Waals surface area contributed by atoms with Crippen molar-refractivity contribution in [2.24, 2.45) is 0 Å². The van der Waals surface area contributed by atoms with Crippen LogP contribution in [0, 0.1) is 0 Å². The second-order valence-electron chi connectivity index (χ2n) is 7.38. The van der Waals surface area contributed by atoms with E-state index in [0.29, 0.717) is 5.75 Å². The fraction of sp³-hybridized carbons (Fsp3) is 0.273. The van der Waals surface area contributed by atoms with Gasteiger partial charge in [0.1, 0.15) is 11.8 Å². The predicted molar refractivity (Wildman–Crippen MR) is 108 cm³/mol. The van der Waals surface area contributed by atoms with Gasteiger partial charge in [0.2, 0.25) is 18.0 Å². The summed E-state index contributed by atoms with van der Waals surface area (Å²) in [6.07, 6.45) is -1.34. The zero-order valence-electron chi connectivity index (χ0n) is 16.5. The number of fused-ring (bicyclic) bond motifs is 1. The lowest BCUT2D eigenvalue weighted by molar-refractivity contribution is -0.166. The van der Waals surface area contributed by atoms with Crippen LogP contribution >= 0.6 is 0 Å². The number of nitrogens with zero attached hydrogens (tertiary/aromatic N) is 2. The number of amides is 3. The number of carboxylic acids is 1. The predicted octanol–water partition coefficient (Wildman–Crippen LogP) is 0.257. The number of aliphatic carboxylic acids is 1. The van der Waals surface area contributed by atoms with E-state index in [1.165, 1.54) is 4.90 Å². The van der Waals surface area contributed by atoms with Crippen molar-refractivity contribution >= 4 is 23.7 Å². The number of hydrogen-bond acceptors (Lipinski definition) is 5. The first-order valence-electron chi connectivity index (χ1n) is 9.81. The number of carboxylic acid groups (broad SMARTS) is 1. The summed E-state index contributed by atoms with van der Waals surface area (Å²) in [4.78, 5) is 51.7. The zero-order valence-corrected chi connectivity index (χ0v) is 16.5. The van der Waals surface area contributed by atoms with Crippen molar-refractivity contribution in [2.45, 2.75) is 24.7 Å². The van der Waals surface area contributed by atoms with E-state index in [1.54, 1.807) is 48.5 Å². The highest BCUT2D eigenvalue weighted by molar-refractivity contribution is 5.99. The van der Waals surface area contributed by atoms with Crippen LogP contribution in [0.4, 0.5) is 0 Å². The highest BCUT2D eigenvalue weighted by Gasteiger charge is 2.60. The average Bonchev–Trinajstić information content (AvgIpc) is 3.14. The van der Waals surface area contributed by atoms with Crippen LogP contribution in [0.2, 0.25) is 0 Å². The summed E-state index contributed by atoms with van der Waals surface area (Å²) in [5.74, 6) is -2.18. The van der Waals surface area contributed by atoms with Crippen molar-refractivity contribution in [3.63, 3.8) is 0 Å². The minimum absolute atomic E-state index is 0.0291. The van der Waals surface area contributed by atoms with Gasteiger partial charge in [-0.05, 0) is 17.7 Å². The van der Waals surface area contributed by atoms with E-state index in [9.17, 15) is 24.3 Å². The van der Waals surface area contributed by atoms with Gasteiger partial charge in [-0.15, -0.1) is 0 Å². The fourth-order valence-electron chi connectivity index (χ4n) is 3.92. The zero-order chi connectivity index (χ0) is 22.0. The quantitative estimate of drug-likeness (QED) is 0.617. The Hall–Kier alpha value is -3.88. The van der Waals surface area contributed by atoms with Crippen LogP contribution < -0.4 is 10.1 Å². The maximum absolute atomic E-state index is 12.8. The summed E-state index contributed by atoms with van der Waals surface area (Å²) < 4.78 is 5.37. The molecular formula is C22H21N3O6. The fourth-order valence-corrected chi connectivity index (χ4v) is 3.92. The Morgan fingerprint density at radius 3 is 2.32 bits per heavy atom. The van der Waals surface area contributed by atoms with Crippen LogP contribution in [0.5, 0.6) is 5.75 Å². The molecule has 4 rings (SSSR count). The Kier molecular flexibility index (Phi) is 5.57. The third-order valence-electron chi connectivity index (χ3n) is 5.37. The molecule has 31 heavy (non-hydrogen) atoms. The standard InChI is InChI=1S/C22H21N3O6/c26-17(13-31-15-9-5-2-6-10-15)23-19-16-12-24(20(22(29)30)25(16)21(19)28)18(27)11-14-7-3-1-4-8-14/h1-10,16,19-20H,11-13H2,(H,23,26)(H,29,30)/t16?,19-,20?/m1/s1. The molecule has 2 unspecified atom stereocenters. The lowest BCUT2D eigenvalue weighted by Gasteiger charge is -2.43. The molecule has 2 aromatic rings. The Bertz CT molecular complexity index is 997. The van der Waals surface area contributed by atoms with Crippen LogP contribution in [-0.4, -0.2) is 70.0 Å². The van der Waals surface area contributed by atoms with E-state index in [0.717, 1.165) is 10.5 Å². The van der Waals surface area contributed by atoms with Crippen molar-refractivity contribution < 1.29 is 29.0 Å². The van der Waals surface area contributed by atoms with Crippen molar-refractivity contribution in [1.82, 2.24) is 15.1 Å². The van der Waals surface area contributed by atoms with Gasteiger partial charge in [-0.3, -0.25) is 14.4 Å². The Balaban J connectivity index is 1.39. The molecule has 2 aliphatic heterocycles. The number of carbonyl (C=O) groups excluding carboxylic acids is 3. The largest absolute Gasteiger partial charge is 0.484 e. The number of carbonyl (C=O) groups is 4. The minimum atomic E-state index is -1.37. The molecule has 2 aromatic carbocycles. The lowest BCUT2D eigenvalue weighted by Crippen LogP contribution is -2.71. The molecular weight excluding hydrogens is 402 g/mol. The van der Waals surface area contributed by atoms with Crippen molar-refractivity contribution in [3.05, 3.63) is 66.2 Å². The lowest BCUT2D eigenvalue weighted by atomic mass is 9.96. The molecule has 2 saturated heterocycles. The third-order valence-corrected chi connectivity index (χ3v) is 5.37. The number of ether oxygens (including phenoxy) is 1. The van der Waals surface area contributed by atoms with Crippen LogP contribution in [0.1, 0.15) is 5.56 Å². The van der Waals surface area contributed by atoms with Crippen LogP contribution in [0.15, 0.2) is 60.7 Å².